The van der Waals surface area contributed by atoms with Crippen LogP contribution in [0.5, 0.6) is 0 Å². The molecule has 0 atom stereocenters. The van der Waals surface area contributed by atoms with Gasteiger partial charge in [-0.15, -0.1) is 0 Å². The Morgan fingerprint density at radius 2 is 1.83 bits per heavy atom. The van der Waals surface area contributed by atoms with Gasteiger partial charge in [-0.05, 0) is 49.7 Å². The molecule has 5 aromatic rings. The van der Waals surface area contributed by atoms with Gasteiger partial charge in [0.1, 0.15) is 17.3 Å². The first-order chi connectivity index (χ1) is 17.0. The molecule has 35 heavy (non-hydrogen) atoms. The summed E-state index contributed by atoms with van der Waals surface area (Å²) >= 11 is 1.16. The van der Waals surface area contributed by atoms with Gasteiger partial charge in [0.2, 0.25) is 11.7 Å². The number of nitriles is 1. The number of hydrogen-bond donors (Lipinski definition) is 1. The van der Waals surface area contributed by atoms with Gasteiger partial charge >= 0.3 is 0 Å². The van der Waals surface area contributed by atoms with Crippen molar-refractivity contribution < 1.29 is 9.21 Å². The van der Waals surface area contributed by atoms with Gasteiger partial charge in [0.25, 0.3) is 5.56 Å². The zero-order valence-corrected chi connectivity index (χ0v) is 19.8. The first-order valence-electron chi connectivity index (χ1n) is 10.9. The lowest BCUT2D eigenvalue weighted by molar-refractivity contribution is -0.113. The van der Waals surface area contributed by atoms with Gasteiger partial charge in [-0.25, -0.2) is 4.98 Å². The number of para-hydroxylation sites is 2. The van der Waals surface area contributed by atoms with Crippen LogP contribution in [0.3, 0.4) is 0 Å². The Morgan fingerprint density at radius 3 is 2.60 bits per heavy atom. The second kappa shape index (κ2) is 9.12. The molecule has 0 aliphatic heterocycles. The maximum atomic E-state index is 13.5. The number of amides is 1. The Balaban J connectivity index is 1.50. The Morgan fingerprint density at radius 1 is 1.09 bits per heavy atom. The van der Waals surface area contributed by atoms with Crippen LogP contribution < -0.4 is 10.9 Å². The fourth-order valence-electron chi connectivity index (χ4n) is 4.03. The van der Waals surface area contributed by atoms with E-state index in [4.69, 9.17) is 9.40 Å². The summed E-state index contributed by atoms with van der Waals surface area (Å²) in [5.41, 5.74) is 3.96. The van der Waals surface area contributed by atoms with Crippen molar-refractivity contribution in [3.05, 3.63) is 94.0 Å². The molecule has 8 heteroatoms. The van der Waals surface area contributed by atoms with E-state index in [1.807, 2.05) is 50.2 Å². The zero-order valence-electron chi connectivity index (χ0n) is 19.0. The van der Waals surface area contributed by atoms with Crippen LogP contribution in [0.15, 0.2) is 81.1 Å². The number of hydrogen-bond acceptors (Lipinski definition) is 6. The minimum absolute atomic E-state index is 0.0138. The molecular weight excluding hydrogens is 460 g/mol. The van der Waals surface area contributed by atoms with Crippen molar-refractivity contribution >= 4 is 45.2 Å². The van der Waals surface area contributed by atoms with Gasteiger partial charge in [0.15, 0.2) is 5.16 Å². The lowest BCUT2D eigenvalue weighted by atomic mass is 10.1. The number of nitrogens with zero attached hydrogens (tertiary/aromatic N) is 3. The summed E-state index contributed by atoms with van der Waals surface area (Å²) in [6, 6.07) is 22.1. The van der Waals surface area contributed by atoms with Crippen LogP contribution >= 0.6 is 11.8 Å². The highest BCUT2D eigenvalue weighted by molar-refractivity contribution is 7.99. The number of benzene rings is 3. The number of fused-ring (bicyclic) bond motifs is 2. The highest BCUT2D eigenvalue weighted by atomic mass is 32.2. The molecule has 0 bridgehead atoms. The molecule has 0 saturated heterocycles. The third-order valence-corrected chi connectivity index (χ3v) is 6.57. The van der Waals surface area contributed by atoms with E-state index in [1.54, 1.807) is 41.0 Å². The third-order valence-electron chi connectivity index (χ3n) is 5.63. The molecule has 0 radical (unpaired) electrons. The number of thioether (sulfide) groups is 1. The highest BCUT2D eigenvalue weighted by Gasteiger charge is 2.19. The number of aryl methyl sites for hydroxylation is 2. The zero-order chi connectivity index (χ0) is 24.5. The van der Waals surface area contributed by atoms with E-state index in [2.05, 4.69) is 5.32 Å². The Labute approximate surface area is 205 Å². The molecule has 0 aliphatic rings. The quantitative estimate of drug-likeness (QED) is 0.269. The van der Waals surface area contributed by atoms with E-state index < -0.39 is 0 Å². The van der Waals surface area contributed by atoms with Crippen LogP contribution in [0, 0.1) is 25.2 Å². The van der Waals surface area contributed by atoms with Gasteiger partial charge < -0.3 is 9.73 Å². The number of carbonyl (C=O) groups excluding carboxylic acids is 1. The molecule has 0 fully saturated rings. The summed E-state index contributed by atoms with van der Waals surface area (Å²) in [7, 11) is 0. The number of rotatable bonds is 5. The summed E-state index contributed by atoms with van der Waals surface area (Å²) in [6.07, 6.45) is 0. The van der Waals surface area contributed by atoms with Gasteiger partial charge in [-0.1, -0.05) is 53.7 Å². The molecule has 3 aromatic carbocycles. The number of aromatic nitrogens is 2. The molecule has 0 spiro atoms. The minimum atomic E-state index is -0.340. The van der Waals surface area contributed by atoms with E-state index >= 15 is 0 Å². The first-order valence-corrected chi connectivity index (χ1v) is 11.9. The molecule has 1 amide bonds. The smallest absolute Gasteiger partial charge is 0.266 e. The monoisotopic (exact) mass is 480 g/mol. The lowest BCUT2D eigenvalue weighted by Gasteiger charge is -2.15. The van der Waals surface area contributed by atoms with Crippen molar-refractivity contribution in [1.29, 1.82) is 5.26 Å². The Hall–Kier alpha value is -4.35. The molecule has 172 valence electrons. The van der Waals surface area contributed by atoms with Crippen molar-refractivity contribution in [3.63, 3.8) is 0 Å². The summed E-state index contributed by atoms with van der Waals surface area (Å²) in [4.78, 5) is 31.1. The van der Waals surface area contributed by atoms with Gasteiger partial charge in [0.05, 0.1) is 22.3 Å². The van der Waals surface area contributed by atoms with Crippen molar-refractivity contribution in [1.82, 2.24) is 9.55 Å². The normalized spacial score (nSPS) is 11.0. The maximum absolute atomic E-state index is 13.5. The average molecular weight is 481 g/mol. The SMILES string of the molecule is Cc1ccc(-n2c(SCC(=O)Nc3c(C#N)oc4ccccc34)nc3ccccc3c2=O)c(C)c1. The van der Waals surface area contributed by atoms with Crippen LogP contribution in [0.4, 0.5) is 5.69 Å². The van der Waals surface area contributed by atoms with Crippen molar-refractivity contribution in [2.75, 3.05) is 11.1 Å². The molecule has 2 heterocycles. The third kappa shape index (κ3) is 4.18. The summed E-state index contributed by atoms with van der Waals surface area (Å²) in [5, 5.41) is 13.8. The Kier molecular flexibility index (Phi) is 5.85. The van der Waals surface area contributed by atoms with Crippen LogP contribution in [0.25, 0.3) is 27.6 Å². The predicted octanol–water partition coefficient (Wildman–Crippen LogP) is 5.35. The maximum Gasteiger partial charge on any atom is 0.266 e. The topological polar surface area (TPSA) is 101 Å². The van der Waals surface area contributed by atoms with Gasteiger partial charge in [0, 0.05) is 5.39 Å². The summed E-state index contributed by atoms with van der Waals surface area (Å²) < 4.78 is 7.09. The molecule has 7 nitrogen and oxygen atoms in total. The molecule has 0 aliphatic carbocycles. The second-order valence-corrected chi connectivity index (χ2v) is 9.04. The number of anilines is 1. The van der Waals surface area contributed by atoms with Crippen molar-refractivity contribution in [2.24, 2.45) is 0 Å². The molecular formula is C27H20N4O3S. The fourth-order valence-corrected chi connectivity index (χ4v) is 4.84. The highest BCUT2D eigenvalue weighted by Crippen LogP contribution is 2.31. The van der Waals surface area contributed by atoms with Crippen molar-refractivity contribution in [3.8, 4) is 11.8 Å². The van der Waals surface area contributed by atoms with Crippen LogP contribution in [0.2, 0.25) is 0 Å². The molecule has 0 unspecified atom stereocenters. The standard InChI is InChI=1S/C27H20N4O3S/c1-16-11-12-21(17(2)13-16)31-26(33)18-7-3-5-9-20(18)29-27(31)35-15-24(32)30-25-19-8-4-6-10-22(19)34-23(25)14-28/h3-13H,15H2,1-2H3,(H,30,32). The fraction of sp³-hybridized carbons (Fsp3) is 0.111. The predicted molar refractivity (Wildman–Crippen MR) is 137 cm³/mol. The minimum Gasteiger partial charge on any atom is -0.443 e. The van der Waals surface area contributed by atoms with E-state index in [-0.39, 0.29) is 23.0 Å². The number of furan rings is 1. The van der Waals surface area contributed by atoms with E-state index in [1.165, 1.54) is 0 Å². The second-order valence-electron chi connectivity index (χ2n) is 8.09. The van der Waals surface area contributed by atoms with Gasteiger partial charge in [-0.3, -0.25) is 14.2 Å². The van der Waals surface area contributed by atoms with E-state index in [0.717, 1.165) is 22.9 Å². The summed E-state index contributed by atoms with van der Waals surface area (Å²) in [5.74, 6) is -0.312. The summed E-state index contributed by atoms with van der Waals surface area (Å²) in [6.45, 7) is 3.94. The Bertz CT molecular complexity index is 1710. The van der Waals surface area contributed by atoms with Crippen LogP contribution in [-0.2, 0) is 4.79 Å². The molecule has 1 N–H and O–H groups in total. The lowest BCUT2D eigenvalue weighted by Crippen LogP contribution is -2.23. The first kappa shape index (κ1) is 22.4. The van der Waals surface area contributed by atoms with E-state index in [0.29, 0.717) is 38.4 Å². The average Bonchev–Trinajstić information content (AvgIpc) is 3.21. The number of carbonyl (C=O) groups is 1. The van der Waals surface area contributed by atoms with E-state index in [9.17, 15) is 14.9 Å². The number of nitrogens with one attached hydrogen (secondary N) is 1. The molecule has 0 saturated carbocycles. The van der Waals surface area contributed by atoms with Gasteiger partial charge in [-0.2, -0.15) is 5.26 Å². The largest absolute Gasteiger partial charge is 0.443 e. The van der Waals surface area contributed by atoms with Crippen molar-refractivity contribution in [2.45, 2.75) is 19.0 Å². The molecule has 5 rings (SSSR count). The van der Waals surface area contributed by atoms with Crippen LogP contribution in [-0.4, -0.2) is 21.2 Å². The molecule has 2 aromatic heterocycles. The van der Waals surface area contributed by atoms with Crippen LogP contribution in [0.1, 0.15) is 16.9 Å².